The maximum absolute atomic E-state index is 14.2. The van der Waals surface area contributed by atoms with E-state index in [4.69, 9.17) is 4.74 Å². The summed E-state index contributed by atoms with van der Waals surface area (Å²) in [4.78, 5) is 29.5. The van der Waals surface area contributed by atoms with Gasteiger partial charge in [-0.2, -0.15) is 0 Å². The lowest BCUT2D eigenvalue weighted by molar-refractivity contribution is -0.149. The fourth-order valence-corrected chi connectivity index (χ4v) is 5.36. The van der Waals surface area contributed by atoms with Gasteiger partial charge in [-0.1, -0.05) is 24.3 Å². The van der Waals surface area contributed by atoms with E-state index in [1.54, 1.807) is 6.07 Å². The highest BCUT2D eigenvalue weighted by molar-refractivity contribution is 5.97. The molecule has 3 aliphatic rings. The predicted molar refractivity (Wildman–Crippen MR) is 130 cm³/mol. The number of aliphatic hydroxyl groups excluding tert-OH is 1. The molecule has 0 radical (unpaired) electrons. The normalized spacial score (nSPS) is 20.3. The van der Waals surface area contributed by atoms with E-state index < -0.39 is 6.10 Å². The summed E-state index contributed by atoms with van der Waals surface area (Å²) >= 11 is 0. The number of piperazine rings is 1. The van der Waals surface area contributed by atoms with Gasteiger partial charge in [-0.25, -0.2) is 4.39 Å². The lowest BCUT2D eigenvalue weighted by atomic mass is 10.1. The zero-order valence-electron chi connectivity index (χ0n) is 19.9. The van der Waals surface area contributed by atoms with Gasteiger partial charge in [-0.3, -0.25) is 19.4 Å². The van der Waals surface area contributed by atoms with E-state index in [1.807, 2.05) is 12.1 Å². The summed E-state index contributed by atoms with van der Waals surface area (Å²) in [5.74, 6) is -0.00110. The second-order valence-electron chi connectivity index (χ2n) is 9.72. The zero-order valence-corrected chi connectivity index (χ0v) is 19.9. The third-order valence-electron chi connectivity index (χ3n) is 7.19. The van der Waals surface area contributed by atoms with Gasteiger partial charge in [0.05, 0.1) is 18.3 Å². The number of likely N-dealkylation sites (tertiary alicyclic amines) is 1. The first-order valence-corrected chi connectivity index (χ1v) is 12.5. The van der Waals surface area contributed by atoms with Crippen molar-refractivity contribution in [1.29, 1.82) is 0 Å². The van der Waals surface area contributed by atoms with E-state index in [9.17, 15) is 19.1 Å². The van der Waals surface area contributed by atoms with Crippen molar-refractivity contribution in [2.75, 3.05) is 44.2 Å². The Morgan fingerprint density at radius 3 is 2.26 bits per heavy atom. The molecule has 1 aliphatic carbocycles. The van der Waals surface area contributed by atoms with Crippen molar-refractivity contribution in [3.63, 3.8) is 0 Å². The summed E-state index contributed by atoms with van der Waals surface area (Å²) in [5, 5.41) is 10.5. The molecule has 0 unspecified atom stereocenters. The van der Waals surface area contributed by atoms with Crippen LogP contribution in [0.1, 0.15) is 30.4 Å². The fraction of sp³-hybridized carbons (Fsp3) is 0.481. The molecule has 0 bridgehead atoms. The number of rotatable bonds is 7. The quantitative estimate of drug-likeness (QED) is 0.613. The molecule has 2 saturated heterocycles. The summed E-state index contributed by atoms with van der Waals surface area (Å²) in [5.41, 5.74) is 3.37. The predicted octanol–water partition coefficient (Wildman–Crippen LogP) is 2.39. The molecule has 1 N–H and O–H groups in total. The second-order valence-corrected chi connectivity index (χ2v) is 9.72. The van der Waals surface area contributed by atoms with Crippen LogP contribution >= 0.6 is 0 Å². The Morgan fingerprint density at radius 1 is 0.943 bits per heavy atom. The monoisotopic (exact) mass is 481 g/mol. The number of ether oxygens (including phenoxy) is 1. The number of hydrogen-bond acceptors (Lipinski definition) is 6. The number of piperidine rings is 1. The van der Waals surface area contributed by atoms with Crippen molar-refractivity contribution in [2.45, 2.75) is 44.3 Å². The fourth-order valence-electron chi connectivity index (χ4n) is 5.36. The molecule has 2 aliphatic heterocycles. The van der Waals surface area contributed by atoms with Gasteiger partial charge < -0.3 is 14.7 Å². The van der Waals surface area contributed by atoms with Gasteiger partial charge in [0, 0.05) is 64.5 Å². The van der Waals surface area contributed by atoms with Crippen molar-refractivity contribution in [2.24, 2.45) is 0 Å². The van der Waals surface area contributed by atoms with Crippen LogP contribution in [0.4, 0.5) is 10.1 Å². The summed E-state index contributed by atoms with van der Waals surface area (Å²) in [7, 11) is 0. The highest BCUT2D eigenvalue weighted by atomic mass is 19.1. The number of imide groups is 1. The van der Waals surface area contributed by atoms with Crippen LogP contribution < -0.4 is 9.64 Å². The Morgan fingerprint density at radius 2 is 1.60 bits per heavy atom. The molecular formula is C27H32FN3O4. The molecule has 5 rings (SSSR count). The largest absolute Gasteiger partial charge is 0.488 e. The van der Waals surface area contributed by atoms with E-state index in [2.05, 4.69) is 21.9 Å². The Kier molecular flexibility index (Phi) is 7.02. The zero-order chi connectivity index (χ0) is 24.4. The first-order chi connectivity index (χ1) is 17.0. The molecule has 2 aromatic carbocycles. The van der Waals surface area contributed by atoms with Gasteiger partial charge >= 0.3 is 0 Å². The van der Waals surface area contributed by atoms with E-state index >= 15 is 0 Å². The SMILES string of the molecule is O=C1CCCC(=O)N1C[C@H](O)CN1CCN(c2cc(F)ccc2OC2Cc3ccccc3C2)CC1. The number of nitrogens with zero attached hydrogens (tertiary/aromatic N) is 3. The summed E-state index contributed by atoms with van der Waals surface area (Å²) in [6.45, 7) is 3.13. The minimum atomic E-state index is -0.787. The van der Waals surface area contributed by atoms with Gasteiger partial charge in [-0.15, -0.1) is 0 Å². The molecule has 7 nitrogen and oxygen atoms in total. The maximum atomic E-state index is 14.2. The minimum absolute atomic E-state index is 0.0354. The molecule has 1 atom stereocenters. The molecule has 2 amide bonds. The van der Waals surface area contributed by atoms with Gasteiger partial charge in [0.1, 0.15) is 17.7 Å². The summed E-state index contributed by atoms with van der Waals surface area (Å²) in [6, 6.07) is 13.1. The van der Waals surface area contributed by atoms with Gasteiger partial charge in [-0.05, 0) is 29.7 Å². The number of carbonyl (C=O) groups is 2. The summed E-state index contributed by atoms with van der Waals surface area (Å²) < 4.78 is 20.5. The number of anilines is 1. The van der Waals surface area contributed by atoms with Crippen LogP contribution in [0.15, 0.2) is 42.5 Å². The molecular weight excluding hydrogens is 449 g/mol. The number of carbonyl (C=O) groups excluding carboxylic acids is 2. The van der Waals surface area contributed by atoms with Crippen molar-refractivity contribution in [3.05, 3.63) is 59.4 Å². The average molecular weight is 482 g/mol. The van der Waals surface area contributed by atoms with Gasteiger partial charge in [0.25, 0.3) is 0 Å². The van der Waals surface area contributed by atoms with Gasteiger partial charge in [0.15, 0.2) is 0 Å². The Labute approximate surface area is 205 Å². The lowest BCUT2D eigenvalue weighted by Gasteiger charge is -2.38. The lowest BCUT2D eigenvalue weighted by Crippen LogP contribution is -2.51. The van der Waals surface area contributed by atoms with Crippen LogP contribution in [0.25, 0.3) is 0 Å². The van der Waals surface area contributed by atoms with E-state index in [-0.39, 0.29) is 30.3 Å². The highest BCUT2D eigenvalue weighted by Crippen LogP contribution is 2.33. The molecule has 0 saturated carbocycles. The highest BCUT2D eigenvalue weighted by Gasteiger charge is 2.30. The first-order valence-electron chi connectivity index (χ1n) is 12.5. The summed E-state index contributed by atoms with van der Waals surface area (Å²) in [6.07, 6.45) is 2.26. The average Bonchev–Trinajstić information content (AvgIpc) is 3.26. The third-order valence-corrected chi connectivity index (χ3v) is 7.19. The number of β-amino-alcohol motifs (C(OH)–C–C–N with tert-alkyl or cyclic N) is 1. The first kappa shape index (κ1) is 23.8. The Balaban J connectivity index is 1.17. The Bertz CT molecular complexity index is 1040. The molecule has 2 fully saturated rings. The minimum Gasteiger partial charge on any atom is -0.488 e. The smallest absolute Gasteiger partial charge is 0.229 e. The molecule has 8 heteroatoms. The van der Waals surface area contributed by atoms with Crippen molar-refractivity contribution < 1.29 is 23.8 Å². The standard InChI is InChI=1S/C27H32FN3O4/c28-21-8-9-25(35-23-14-19-4-1-2-5-20(19)15-23)24(16-21)30-12-10-29(11-13-30)17-22(32)18-31-26(33)6-3-7-27(31)34/h1-2,4-5,8-9,16,22-23,32H,3,6-7,10-15,17-18H2/t22-/m1/s1. The maximum Gasteiger partial charge on any atom is 0.229 e. The number of halogens is 1. The number of benzene rings is 2. The van der Waals surface area contributed by atoms with E-state index in [1.165, 1.54) is 28.2 Å². The van der Waals surface area contributed by atoms with Crippen molar-refractivity contribution >= 4 is 17.5 Å². The van der Waals surface area contributed by atoms with E-state index in [0.717, 1.165) is 18.5 Å². The van der Waals surface area contributed by atoms with E-state index in [0.29, 0.717) is 57.7 Å². The molecule has 0 spiro atoms. The van der Waals surface area contributed by atoms with Crippen LogP contribution in [0.2, 0.25) is 0 Å². The van der Waals surface area contributed by atoms with Crippen LogP contribution in [-0.2, 0) is 22.4 Å². The molecule has 0 aromatic heterocycles. The van der Waals surface area contributed by atoms with Crippen LogP contribution in [0.5, 0.6) is 5.75 Å². The molecule has 2 heterocycles. The van der Waals surface area contributed by atoms with Crippen LogP contribution in [0, 0.1) is 5.82 Å². The molecule has 2 aromatic rings. The van der Waals surface area contributed by atoms with Crippen molar-refractivity contribution in [3.8, 4) is 5.75 Å². The third kappa shape index (κ3) is 5.49. The number of amides is 2. The van der Waals surface area contributed by atoms with Crippen molar-refractivity contribution in [1.82, 2.24) is 9.80 Å². The topological polar surface area (TPSA) is 73.3 Å². The molecule has 186 valence electrons. The van der Waals surface area contributed by atoms with Crippen LogP contribution in [-0.4, -0.2) is 78.2 Å². The van der Waals surface area contributed by atoms with Gasteiger partial charge in [0.2, 0.25) is 11.8 Å². The Hall–Kier alpha value is -2.97. The number of fused-ring (bicyclic) bond motifs is 1. The van der Waals surface area contributed by atoms with Crippen LogP contribution in [0.3, 0.4) is 0 Å². The number of aliphatic hydroxyl groups is 1. The molecule has 35 heavy (non-hydrogen) atoms. The second kappa shape index (κ2) is 10.3. The number of hydrogen-bond donors (Lipinski definition) is 1.